The number of amides is 2. The van der Waals surface area contributed by atoms with Crippen LogP contribution in [0.3, 0.4) is 0 Å². The summed E-state index contributed by atoms with van der Waals surface area (Å²) < 4.78 is 11.2. The number of hydrogen-bond donors (Lipinski definition) is 2. The molecule has 0 spiro atoms. The van der Waals surface area contributed by atoms with Crippen LogP contribution in [0, 0.1) is 36.5 Å². The Morgan fingerprint density at radius 2 is 1.74 bits per heavy atom. The lowest BCUT2D eigenvalue weighted by Gasteiger charge is -2.31. The minimum Gasteiger partial charge on any atom is -0.438 e. The van der Waals surface area contributed by atoms with Gasteiger partial charge in [0.15, 0.2) is 6.10 Å². The number of ether oxygens (including phenoxy) is 2. The fourth-order valence-corrected chi connectivity index (χ4v) is 4.22. The molecule has 0 saturated carbocycles. The molecule has 0 saturated heterocycles. The molecular weight excluding hydrogens is 486 g/mol. The zero-order valence-corrected chi connectivity index (χ0v) is 21.1. The Labute approximate surface area is 219 Å². The van der Waals surface area contributed by atoms with E-state index < -0.39 is 18.1 Å². The first-order chi connectivity index (χ1) is 18.2. The Bertz CT molecular complexity index is 1470. The summed E-state index contributed by atoms with van der Waals surface area (Å²) in [5, 5.41) is 21.5. The van der Waals surface area contributed by atoms with Crippen molar-refractivity contribution in [3.63, 3.8) is 0 Å². The van der Waals surface area contributed by atoms with Crippen LogP contribution in [0.2, 0.25) is 0 Å². The monoisotopic (exact) mass is 511 g/mol. The lowest BCUT2D eigenvalue weighted by Crippen LogP contribution is -2.43. The second-order valence-corrected chi connectivity index (χ2v) is 8.83. The molecule has 0 radical (unpaired) electrons. The summed E-state index contributed by atoms with van der Waals surface area (Å²) in [5.41, 5.74) is 9.62. The molecule has 3 N–H and O–H groups in total. The van der Waals surface area contributed by atoms with E-state index in [9.17, 15) is 14.9 Å². The van der Waals surface area contributed by atoms with Crippen LogP contribution >= 0.6 is 0 Å². The van der Waals surface area contributed by atoms with E-state index in [1.165, 1.54) is 6.92 Å². The molecule has 1 unspecified atom stereocenters. The molecule has 192 valence electrons. The van der Waals surface area contributed by atoms with Crippen molar-refractivity contribution in [2.45, 2.75) is 39.8 Å². The smallest absolute Gasteiger partial charge is 0.405 e. The van der Waals surface area contributed by atoms with Gasteiger partial charge in [-0.3, -0.25) is 4.79 Å². The maximum Gasteiger partial charge on any atom is 0.405 e. The first-order valence-corrected chi connectivity index (χ1v) is 11.8. The molecule has 0 bridgehead atoms. The van der Waals surface area contributed by atoms with Crippen LogP contribution < -0.4 is 15.8 Å². The number of carbonyl (C=O) groups is 2. The molecule has 1 aliphatic rings. The zero-order valence-electron chi connectivity index (χ0n) is 21.1. The molecule has 1 aliphatic heterocycles. The van der Waals surface area contributed by atoms with E-state index in [4.69, 9.17) is 20.5 Å². The maximum absolute atomic E-state index is 12.9. The van der Waals surface area contributed by atoms with Gasteiger partial charge in [-0.2, -0.15) is 15.5 Å². The number of nitriles is 2. The predicted octanol–water partition coefficient (Wildman–Crippen LogP) is 3.74. The average Bonchev–Trinajstić information content (AvgIpc) is 2.89. The number of nitrogens with one attached hydrogen (secondary N) is 1. The number of benzene rings is 2. The third-order valence-electron chi connectivity index (χ3n) is 6.03. The number of hydrogen-bond acceptors (Lipinski definition) is 9. The molecule has 0 aliphatic carbocycles. The number of nitrogens with zero attached hydrogens (tertiary/aromatic N) is 5. The zero-order chi connectivity index (χ0) is 27.4. The minimum atomic E-state index is -1.04. The highest BCUT2D eigenvalue weighted by Crippen LogP contribution is 2.35. The van der Waals surface area contributed by atoms with Crippen LogP contribution in [-0.4, -0.2) is 39.5 Å². The lowest BCUT2D eigenvalue weighted by atomic mass is 10.0. The number of rotatable bonds is 6. The van der Waals surface area contributed by atoms with Gasteiger partial charge in [0, 0.05) is 18.7 Å². The van der Waals surface area contributed by atoms with Gasteiger partial charge in [0.1, 0.15) is 5.75 Å². The highest BCUT2D eigenvalue weighted by atomic mass is 16.6. The number of fused-ring (bicyclic) bond motifs is 1. The largest absolute Gasteiger partial charge is 0.438 e. The molecular formula is C27H25N7O4. The van der Waals surface area contributed by atoms with Gasteiger partial charge in [-0.1, -0.05) is 0 Å². The summed E-state index contributed by atoms with van der Waals surface area (Å²) in [6.45, 7) is 5.63. The van der Waals surface area contributed by atoms with E-state index in [1.807, 2.05) is 13.8 Å². The van der Waals surface area contributed by atoms with E-state index in [-0.39, 0.29) is 18.4 Å². The summed E-state index contributed by atoms with van der Waals surface area (Å²) in [5.74, 6) is 0.690. The van der Waals surface area contributed by atoms with Crippen molar-refractivity contribution >= 4 is 23.6 Å². The van der Waals surface area contributed by atoms with Crippen molar-refractivity contribution in [1.82, 2.24) is 14.9 Å². The van der Waals surface area contributed by atoms with Crippen molar-refractivity contribution in [3.8, 4) is 23.8 Å². The van der Waals surface area contributed by atoms with E-state index in [0.29, 0.717) is 46.8 Å². The van der Waals surface area contributed by atoms with Crippen LogP contribution in [0.5, 0.6) is 11.6 Å². The molecule has 2 heterocycles. The SMILES string of the molecule is Cc1cc(C#N)cc(C)c1Oc1nc(Nc2ccc(C#N)cc2)nc2c1CN(C(=O)C(C)OC(N)=O)CC2. The van der Waals surface area contributed by atoms with Gasteiger partial charge in [0.05, 0.1) is 41.1 Å². The van der Waals surface area contributed by atoms with E-state index in [0.717, 1.165) is 11.1 Å². The van der Waals surface area contributed by atoms with E-state index >= 15 is 0 Å². The van der Waals surface area contributed by atoms with Crippen molar-refractivity contribution in [2.75, 3.05) is 11.9 Å². The molecule has 0 fully saturated rings. The number of aryl methyl sites for hydroxylation is 2. The second kappa shape index (κ2) is 10.8. The molecule has 11 heteroatoms. The van der Waals surface area contributed by atoms with Crippen LogP contribution in [0.4, 0.5) is 16.4 Å². The first kappa shape index (κ1) is 25.9. The molecule has 2 aromatic carbocycles. The topological polar surface area (TPSA) is 167 Å². The van der Waals surface area contributed by atoms with Gasteiger partial charge < -0.3 is 25.4 Å². The summed E-state index contributed by atoms with van der Waals surface area (Å²) in [4.78, 5) is 34.8. The summed E-state index contributed by atoms with van der Waals surface area (Å²) in [6.07, 6.45) is -1.66. The van der Waals surface area contributed by atoms with Crippen molar-refractivity contribution in [3.05, 3.63) is 69.9 Å². The van der Waals surface area contributed by atoms with Gasteiger partial charge in [-0.25, -0.2) is 9.78 Å². The van der Waals surface area contributed by atoms with Gasteiger partial charge >= 0.3 is 6.09 Å². The third-order valence-corrected chi connectivity index (χ3v) is 6.03. The quantitative estimate of drug-likeness (QED) is 0.501. The number of primary amides is 1. The fourth-order valence-electron chi connectivity index (χ4n) is 4.22. The molecule has 38 heavy (non-hydrogen) atoms. The Balaban J connectivity index is 1.72. The van der Waals surface area contributed by atoms with Gasteiger partial charge in [0.25, 0.3) is 5.91 Å². The molecule has 1 aromatic heterocycles. The highest BCUT2D eigenvalue weighted by molar-refractivity contribution is 5.83. The van der Waals surface area contributed by atoms with Crippen LogP contribution in [0.25, 0.3) is 0 Å². The summed E-state index contributed by atoms with van der Waals surface area (Å²) >= 11 is 0. The average molecular weight is 512 g/mol. The first-order valence-electron chi connectivity index (χ1n) is 11.8. The maximum atomic E-state index is 12.9. The Hall–Kier alpha value is -5.16. The Kier molecular flexibility index (Phi) is 7.40. The Morgan fingerprint density at radius 1 is 1.08 bits per heavy atom. The normalized spacial score (nSPS) is 12.9. The third kappa shape index (κ3) is 5.63. The second-order valence-electron chi connectivity index (χ2n) is 8.83. The molecule has 4 rings (SSSR count). The van der Waals surface area contributed by atoms with Crippen molar-refractivity contribution in [2.24, 2.45) is 5.73 Å². The molecule has 2 amide bonds. The van der Waals surface area contributed by atoms with Gasteiger partial charge in [0.2, 0.25) is 11.8 Å². The lowest BCUT2D eigenvalue weighted by molar-refractivity contribution is -0.140. The van der Waals surface area contributed by atoms with E-state index in [1.54, 1.807) is 41.3 Å². The molecule has 1 atom stereocenters. The minimum absolute atomic E-state index is 0.140. The van der Waals surface area contributed by atoms with Crippen molar-refractivity contribution < 1.29 is 19.1 Å². The Morgan fingerprint density at radius 3 is 2.34 bits per heavy atom. The van der Waals surface area contributed by atoms with Crippen molar-refractivity contribution in [1.29, 1.82) is 10.5 Å². The van der Waals surface area contributed by atoms with Crippen LogP contribution in [-0.2, 0) is 22.5 Å². The predicted molar refractivity (Wildman–Crippen MR) is 136 cm³/mol. The number of carbonyl (C=O) groups excluding carboxylic acids is 2. The number of anilines is 2. The summed E-state index contributed by atoms with van der Waals surface area (Å²) in [7, 11) is 0. The number of aromatic nitrogens is 2. The van der Waals surface area contributed by atoms with E-state index in [2.05, 4.69) is 27.4 Å². The van der Waals surface area contributed by atoms with Gasteiger partial charge in [-0.05, 0) is 68.3 Å². The molecule has 11 nitrogen and oxygen atoms in total. The standard InChI is InChI=1S/C27H25N7O4/c1-15-10-19(13-29)11-16(2)23(15)38-24-21-14-34(25(35)17(3)37-26(30)36)9-8-22(21)32-27(33-24)31-20-6-4-18(12-28)5-7-20/h4-7,10-11,17H,8-9,14H2,1-3H3,(H2,30,36)(H,31,32,33). The highest BCUT2D eigenvalue weighted by Gasteiger charge is 2.30. The van der Waals surface area contributed by atoms with Crippen LogP contribution in [0.15, 0.2) is 36.4 Å². The van der Waals surface area contributed by atoms with Gasteiger partial charge in [-0.15, -0.1) is 0 Å². The summed E-state index contributed by atoms with van der Waals surface area (Å²) in [6, 6.07) is 14.5. The van der Waals surface area contributed by atoms with Crippen LogP contribution in [0.1, 0.15) is 40.4 Å². The number of nitrogens with two attached hydrogens (primary N) is 1. The molecule has 3 aromatic rings. The fraction of sp³-hybridized carbons (Fsp3) is 0.259.